The number of hydrogen-bond donors (Lipinski definition) is 1. The van der Waals surface area contributed by atoms with Crippen molar-refractivity contribution in [3.8, 4) is 0 Å². The Morgan fingerprint density at radius 1 is 1.04 bits per heavy atom. The molecule has 3 atom stereocenters. The molecule has 28 heavy (non-hydrogen) atoms. The highest BCUT2D eigenvalue weighted by atomic mass is 35.5. The fourth-order valence-corrected chi connectivity index (χ4v) is 4.37. The van der Waals surface area contributed by atoms with Crippen molar-refractivity contribution < 1.29 is 9.90 Å². The van der Waals surface area contributed by atoms with E-state index in [0.29, 0.717) is 28.8 Å². The molecule has 3 unspecified atom stereocenters. The Hall–Kier alpha value is -1.39. The van der Waals surface area contributed by atoms with Gasteiger partial charge in [-0.1, -0.05) is 53.5 Å². The first kappa shape index (κ1) is 21.3. The zero-order valence-corrected chi connectivity index (χ0v) is 17.9. The summed E-state index contributed by atoms with van der Waals surface area (Å²) in [6, 6.07) is 13.9. The van der Waals surface area contributed by atoms with E-state index in [0.717, 1.165) is 18.5 Å². The second-order valence-corrected chi connectivity index (χ2v) is 8.87. The second-order valence-electron chi connectivity index (χ2n) is 8.05. The number of nitrogens with zero attached hydrogens (tertiary/aromatic N) is 1. The van der Waals surface area contributed by atoms with E-state index in [2.05, 4.69) is 43.3 Å². The molecule has 0 bridgehead atoms. The third-order valence-electron chi connectivity index (χ3n) is 5.54. The fourth-order valence-electron chi connectivity index (χ4n) is 4.05. The van der Waals surface area contributed by atoms with Crippen LogP contribution in [0.3, 0.4) is 0 Å². The first-order valence-electron chi connectivity index (χ1n) is 9.71. The number of aliphatic hydroxyl groups excluding tert-OH is 1. The van der Waals surface area contributed by atoms with E-state index >= 15 is 0 Å². The van der Waals surface area contributed by atoms with Gasteiger partial charge in [-0.25, -0.2) is 0 Å². The summed E-state index contributed by atoms with van der Waals surface area (Å²) in [6.45, 7) is 0.911. The highest BCUT2D eigenvalue weighted by Crippen LogP contribution is 2.37. The predicted octanol–water partition coefficient (Wildman–Crippen LogP) is 5.11. The van der Waals surface area contributed by atoms with Crippen molar-refractivity contribution in [2.24, 2.45) is 5.92 Å². The van der Waals surface area contributed by atoms with Gasteiger partial charge in [0.15, 0.2) is 0 Å². The largest absolute Gasteiger partial charge is 0.392 e. The predicted molar refractivity (Wildman–Crippen MR) is 115 cm³/mol. The van der Waals surface area contributed by atoms with E-state index in [1.807, 2.05) is 6.07 Å². The van der Waals surface area contributed by atoms with Crippen LogP contribution in [0.15, 0.2) is 42.5 Å². The first-order valence-corrected chi connectivity index (χ1v) is 10.5. The molecule has 1 saturated carbocycles. The Bertz CT molecular complexity index is 820. The molecule has 1 aliphatic carbocycles. The Labute approximate surface area is 177 Å². The van der Waals surface area contributed by atoms with E-state index in [9.17, 15) is 9.90 Å². The second kappa shape index (κ2) is 9.41. The number of halogens is 2. The molecule has 0 saturated heterocycles. The van der Waals surface area contributed by atoms with Crippen molar-refractivity contribution in [1.82, 2.24) is 4.90 Å². The van der Waals surface area contributed by atoms with Gasteiger partial charge in [0.25, 0.3) is 0 Å². The van der Waals surface area contributed by atoms with Crippen molar-refractivity contribution in [3.63, 3.8) is 0 Å². The molecule has 0 radical (unpaired) electrons. The van der Waals surface area contributed by atoms with E-state index in [-0.39, 0.29) is 18.1 Å². The van der Waals surface area contributed by atoms with Gasteiger partial charge in [-0.3, -0.25) is 4.79 Å². The van der Waals surface area contributed by atoms with Gasteiger partial charge < -0.3 is 10.0 Å². The van der Waals surface area contributed by atoms with E-state index in [1.165, 1.54) is 11.1 Å². The normalized spacial score (nSPS) is 22.4. The molecule has 0 amide bonds. The molecule has 1 fully saturated rings. The van der Waals surface area contributed by atoms with Gasteiger partial charge in [-0.2, -0.15) is 0 Å². The smallest absolute Gasteiger partial charge is 0.142 e. The molecular formula is C23H27Cl2NO2. The maximum Gasteiger partial charge on any atom is 0.142 e. The Kier molecular flexibility index (Phi) is 7.16. The molecule has 1 N–H and O–H groups in total. The van der Waals surface area contributed by atoms with Crippen molar-refractivity contribution in [2.45, 2.75) is 44.2 Å². The molecule has 150 valence electrons. The molecule has 3 rings (SSSR count). The van der Waals surface area contributed by atoms with Crippen LogP contribution in [-0.2, 0) is 17.8 Å². The summed E-state index contributed by atoms with van der Waals surface area (Å²) >= 11 is 12.0. The fraction of sp³-hybridized carbons (Fsp3) is 0.435. The van der Waals surface area contributed by atoms with E-state index in [1.54, 1.807) is 12.1 Å². The SMILES string of the molecule is CN(C)Cc1ccc(C2CCC(O)C(C(=O)Cc3ccc(Cl)c(Cl)c3)C2)cc1. The van der Waals surface area contributed by atoms with Crippen LogP contribution in [0, 0.1) is 5.92 Å². The minimum atomic E-state index is -0.570. The van der Waals surface area contributed by atoms with Crippen LogP contribution < -0.4 is 0 Å². The lowest BCUT2D eigenvalue weighted by molar-refractivity contribution is -0.127. The lowest BCUT2D eigenvalue weighted by Gasteiger charge is -2.33. The third-order valence-corrected chi connectivity index (χ3v) is 6.28. The summed E-state index contributed by atoms with van der Waals surface area (Å²) < 4.78 is 0. The van der Waals surface area contributed by atoms with Gasteiger partial charge in [-0.15, -0.1) is 0 Å². The molecule has 2 aromatic rings. The van der Waals surface area contributed by atoms with Crippen molar-refractivity contribution >= 4 is 29.0 Å². The average molecular weight is 420 g/mol. The highest BCUT2D eigenvalue weighted by Gasteiger charge is 2.34. The standard InChI is InChI=1S/C23H27Cl2NO2/c1-26(2)14-15-3-6-17(7-4-15)18-8-10-22(27)19(13-18)23(28)12-16-5-9-20(24)21(25)11-16/h3-7,9,11,18-19,22,27H,8,10,12-14H2,1-2H3. The number of benzene rings is 2. The average Bonchev–Trinajstić information content (AvgIpc) is 2.65. The first-order chi connectivity index (χ1) is 13.3. The van der Waals surface area contributed by atoms with Crippen LogP contribution in [-0.4, -0.2) is 36.0 Å². The third kappa shape index (κ3) is 5.36. The van der Waals surface area contributed by atoms with E-state index < -0.39 is 6.10 Å². The van der Waals surface area contributed by atoms with Gasteiger partial charge in [0.1, 0.15) is 5.78 Å². The lowest BCUT2D eigenvalue weighted by Crippen LogP contribution is -2.35. The van der Waals surface area contributed by atoms with Crippen LogP contribution in [0.2, 0.25) is 10.0 Å². The molecule has 2 aromatic carbocycles. The van der Waals surface area contributed by atoms with E-state index in [4.69, 9.17) is 23.2 Å². The summed E-state index contributed by atoms with van der Waals surface area (Å²) in [6.07, 6.45) is 1.95. The number of rotatable bonds is 6. The van der Waals surface area contributed by atoms with Gasteiger partial charge in [0.05, 0.1) is 16.1 Å². The monoisotopic (exact) mass is 419 g/mol. The molecule has 0 aliphatic heterocycles. The van der Waals surface area contributed by atoms with Crippen molar-refractivity contribution in [2.75, 3.05) is 14.1 Å². The van der Waals surface area contributed by atoms with Gasteiger partial charge in [0.2, 0.25) is 0 Å². The van der Waals surface area contributed by atoms with Crippen molar-refractivity contribution in [3.05, 3.63) is 69.2 Å². The van der Waals surface area contributed by atoms with Crippen LogP contribution in [0.1, 0.15) is 41.9 Å². The molecule has 3 nitrogen and oxygen atoms in total. The number of aliphatic hydroxyl groups is 1. The lowest BCUT2D eigenvalue weighted by atomic mass is 9.74. The van der Waals surface area contributed by atoms with Crippen LogP contribution in [0.25, 0.3) is 0 Å². The molecule has 0 aromatic heterocycles. The maximum absolute atomic E-state index is 12.9. The molecular weight excluding hydrogens is 393 g/mol. The Morgan fingerprint density at radius 3 is 2.36 bits per heavy atom. The summed E-state index contributed by atoms with van der Waals surface area (Å²) in [5, 5.41) is 11.4. The molecule has 5 heteroatoms. The van der Waals surface area contributed by atoms with Crippen molar-refractivity contribution in [1.29, 1.82) is 0 Å². The number of Topliss-reactive ketones (excluding diaryl/α,β-unsaturated/α-hetero) is 1. The Balaban J connectivity index is 1.67. The summed E-state index contributed by atoms with van der Waals surface area (Å²) in [7, 11) is 4.11. The van der Waals surface area contributed by atoms with Crippen LogP contribution in [0.5, 0.6) is 0 Å². The number of hydrogen-bond acceptors (Lipinski definition) is 3. The zero-order valence-electron chi connectivity index (χ0n) is 16.4. The minimum Gasteiger partial charge on any atom is -0.392 e. The van der Waals surface area contributed by atoms with Crippen LogP contribution in [0.4, 0.5) is 0 Å². The number of carbonyl (C=O) groups is 1. The summed E-state index contributed by atoms with van der Waals surface area (Å²) in [4.78, 5) is 15.0. The maximum atomic E-state index is 12.9. The quantitative estimate of drug-likeness (QED) is 0.706. The van der Waals surface area contributed by atoms with Gasteiger partial charge in [-0.05, 0) is 68.1 Å². The minimum absolute atomic E-state index is 0.0693. The Morgan fingerprint density at radius 2 is 1.71 bits per heavy atom. The van der Waals surface area contributed by atoms with Crippen LogP contribution >= 0.6 is 23.2 Å². The molecule has 1 aliphatic rings. The number of carbonyl (C=O) groups excluding carboxylic acids is 1. The summed E-state index contributed by atoms with van der Waals surface area (Å²) in [5.41, 5.74) is 3.36. The summed E-state index contributed by atoms with van der Waals surface area (Å²) in [5.74, 6) is 0.0361. The van der Waals surface area contributed by atoms with Gasteiger partial charge in [0, 0.05) is 18.9 Å². The van der Waals surface area contributed by atoms with Gasteiger partial charge >= 0.3 is 0 Å². The number of ketones is 1. The topological polar surface area (TPSA) is 40.5 Å². The zero-order chi connectivity index (χ0) is 20.3. The highest BCUT2D eigenvalue weighted by molar-refractivity contribution is 6.42. The molecule has 0 spiro atoms. The molecule has 0 heterocycles.